The second-order valence-electron chi connectivity index (χ2n) is 6.57. The molecule has 2 aromatic rings. The first kappa shape index (κ1) is 21.9. The molecule has 2 aromatic carbocycles. The molecule has 0 aliphatic carbocycles. The van der Waals surface area contributed by atoms with E-state index in [-0.39, 0.29) is 17.7 Å². The molecule has 152 valence electrons. The van der Waals surface area contributed by atoms with Gasteiger partial charge in [0, 0.05) is 29.6 Å². The summed E-state index contributed by atoms with van der Waals surface area (Å²) >= 11 is 24.0. The number of carbonyl (C=O) groups excluding carboxylic acids is 2. The van der Waals surface area contributed by atoms with Crippen LogP contribution in [0.2, 0.25) is 20.1 Å². The van der Waals surface area contributed by atoms with Crippen LogP contribution in [0.5, 0.6) is 0 Å². The van der Waals surface area contributed by atoms with Crippen molar-refractivity contribution < 1.29 is 9.59 Å². The topological polar surface area (TPSA) is 61.8 Å². The van der Waals surface area contributed by atoms with Gasteiger partial charge in [-0.1, -0.05) is 58.5 Å². The van der Waals surface area contributed by atoms with Crippen LogP contribution in [0, 0.1) is 5.92 Å². The van der Waals surface area contributed by atoms with Gasteiger partial charge in [-0.15, -0.1) is 0 Å². The maximum Gasteiger partial charge on any atom is 0.255 e. The van der Waals surface area contributed by atoms with Crippen LogP contribution >= 0.6 is 46.4 Å². The van der Waals surface area contributed by atoms with E-state index in [2.05, 4.69) is 10.5 Å². The molecule has 1 N–H and O–H groups in total. The number of carbonyl (C=O) groups is 2. The maximum absolute atomic E-state index is 12.6. The molecule has 0 radical (unpaired) electrons. The Morgan fingerprint density at radius 2 is 1.76 bits per heavy atom. The summed E-state index contributed by atoms with van der Waals surface area (Å²) in [5.41, 5.74) is 3.54. The molecule has 1 aliphatic rings. The molecule has 1 aliphatic heterocycles. The van der Waals surface area contributed by atoms with Crippen molar-refractivity contribution in [3.05, 3.63) is 67.6 Å². The highest BCUT2D eigenvalue weighted by Gasteiger charge is 2.28. The lowest BCUT2D eigenvalue weighted by molar-refractivity contribution is -0.126. The van der Waals surface area contributed by atoms with Crippen LogP contribution < -0.4 is 5.43 Å². The summed E-state index contributed by atoms with van der Waals surface area (Å²) in [5, 5.41) is 5.54. The number of hydrazone groups is 1. The van der Waals surface area contributed by atoms with Crippen LogP contribution in [0.4, 0.5) is 0 Å². The normalized spacial score (nSPS) is 15.0. The predicted octanol–water partition coefficient (Wildman–Crippen LogP) is 5.30. The molecule has 5 nitrogen and oxygen atoms in total. The fourth-order valence-corrected chi connectivity index (χ4v) is 3.90. The molecule has 0 unspecified atom stereocenters. The number of hydrogen-bond donors (Lipinski definition) is 1. The van der Waals surface area contributed by atoms with Crippen molar-refractivity contribution in [3.63, 3.8) is 0 Å². The Hall–Kier alpha value is -1.79. The highest BCUT2D eigenvalue weighted by molar-refractivity contribution is 6.43. The van der Waals surface area contributed by atoms with Crippen molar-refractivity contribution in [2.75, 3.05) is 13.1 Å². The number of nitrogens with one attached hydrogen (secondary N) is 1. The number of piperidine rings is 1. The van der Waals surface area contributed by atoms with Gasteiger partial charge in [-0.05, 0) is 37.1 Å². The third-order valence-corrected chi connectivity index (χ3v) is 6.06. The van der Waals surface area contributed by atoms with E-state index in [0.717, 1.165) is 0 Å². The zero-order valence-electron chi connectivity index (χ0n) is 15.2. The minimum absolute atomic E-state index is 0.167. The first-order valence-corrected chi connectivity index (χ1v) is 10.4. The second kappa shape index (κ2) is 9.81. The summed E-state index contributed by atoms with van der Waals surface area (Å²) < 4.78 is 0. The van der Waals surface area contributed by atoms with Gasteiger partial charge in [-0.25, -0.2) is 5.43 Å². The highest BCUT2D eigenvalue weighted by atomic mass is 35.5. The molecule has 1 heterocycles. The molecule has 29 heavy (non-hydrogen) atoms. The molecule has 3 rings (SSSR count). The van der Waals surface area contributed by atoms with E-state index in [1.165, 1.54) is 6.21 Å². The maximum atomic E-state index is 12.6. The first-order valence-electron chi connectivity index (χ1n) is 8.88. The van der Waals surface area contributed by atoms with Crippen molar-refractivity contribution in [2.45, 2.75) is 12.8 Å². The average molecular weight is 473 g/mol. The zero-order valence-corrected chi connectivity index (χ0v) is 18.2. The Balaban J connectivity index is 1.53. The van der Waals surface area contributed by atoms with Gasteiger partial charge >= 0.3 is 0 Å². The van der Waals surface area contributed by atoms with Gasteiger partial charge in [0.25, 0.3) is 5.91 Å². The number of amides is 2. The monoisotopic (exact) mass is 471 g/mol. The third kappa shape index (κ3) is 5.43. The van der Waals surface area contributed by atoms with E-state index in [1.807, 2.05) is 0 Å². The van der Waals surface area contributed by atoms with E-state index in [1.54, 1.807) is 41.3 Å². The summed E-state index contributed by atoms with van der Waals surface area (Å²) in [6.45, 7) is 0.916. The zero-order chi connectivity index (χ0) is 21.0. The molecule has 2 amide bonds. The number of hydrogen-bond acceptors (Lipinski definition) is 3. The lowest BCUT2D eigenvalue weighted by Crippen LogP contribution is -2.42. The Morgan fingerprint density at radius 1 is 1.03 bits per heavy atom. The SMILES string of the molecule is O=C(N/N=C\c1cccc(Cl)c1Cl)C1CCN(C(=O)c2ccc(Cl)cc2Cl)CC1. The molecule has 0 bridgehead atoms. The molecule has 1 fully saturated rings. The van der Waals surface area contributed by atoms with Gasteiger partial charge in [0.15, 0.2) is 0 Å². The van der Waals surface area contributed by atoms with Gasteiger partial charge in [0.2, 0.25) is 5.91 Å². The highest BCUT2D eigenvalue weighted by Crippen LogP contribution is 2.26. The van der Waals surface area contributed by atoms with Crippen molar-refractivity contribution in [2.24, 2.45) is 11.0 Å². The van der Waals surface area contributed by atoms with Crippen molar-refractivity contribution in [1.82, 2.24) is 10.3 Å². The van der Waals surface area contributed by atoms with Crippen LogP contribution in [0.25, 0.3) is 0 Å². The number of likely N-dealkylation sites (tertiary alicyclic amines) is 1. The van der Waals surface area contributed by atoms with Gasteiger partial charge in [-0.3, -0.25) is 9.59 Å². The van der Waals surface area contributed by atoms with Gasteiger partial charge in [0.05, 0.1) is 26.8 Å². The van der Waals surface area contributed by atoms with Crippen molar-refractivity contribution in [3.8, 4) is 0 Å². The molecule has 0 saturated carbocycles. The van der Waals surface area contributed by atoms with E-state index in [0.29, 0.717) is 57.1 Å². The standard InChI is InChI=1S/C20H17Cl4N3O2/c21-14-4-5-15(17(23)10-14)20(29)27-8-6-12(7-9-27)19(28)26-25-11-13-2-1-3-16(22)18(13)24/h1-5,10-12H,6-9H2,(H,26,28)/b25-11-. The molecule has 9 heteroatoms. The summed E-state index contributed by atoms with van der Waals surface area (Å²) in [6.07, 6.45) is 2.53. The number of nitrogens with zero attached hydrogens (tertiary/aromatic N) is 2. The third-order valence-electron chi connectivity index (χ3n) is 4.67. The minimum atomic E-state index is -0.230. The van der Waals surface area contributed by atoms with E-state index >= 15 is 0 Å². The van der Waals surface area contributed by atoms with E-state index < -0.39 is 0 Å². The van der Waals surface area contributed by atoms with Crippen molar-refractivity contribution >= 4 is 64.4 Å². The van der Waals surface area contributed by atoms with Crippen LogP contribution in [0.1, 0.15) is 28.8 Å². The fourth-order valence-electron chi connectivity index (χ4n) is 3.05. The van der Waals surface area contributed by atoms with Gasteiger partial charge < -0.3 is 4.90 Å². The summed E-state index contributed by atoms with van der Waals surface area (Å²) in [7, 11) is 0. The van der Waals surface area contributed by atoms with E-state index in [9.17, 15) is 9.59 Å². The predicted molar refractivity (Wildman–Crippen MR) is 117 cm³/mol. The average Bonchev–Trinajstić information content (AvgIpc) is 2.71. The first-order chi connectivity index (χ1) is 13.9. The van der Waals surface area contributed by atoms with Crippen LogP contribution in [-0.2, 0) is 4.79 Å². The number of rotatable bonds is 4. The molecular weight excluding hydrogens is 456 g/mol. The number of halogens is 4. The molecule has 0 aromatic heterocycles. The van der Waals surface area contributed by atoms with Crippen LogP contribution in [-0.4, -0.2) is 36.0 Å². The molecule has 0 spiro atoms. The molecule has 1 saturated heterocycles. The molecular formula is C20H17Cl4N3O2. The summed E-state index contributed by atoms with van der Waals surface area (Å²) in [4.78, 5) is 26.7. The van der Waals surface area contributed by atoms with Crippen molar-refractivity contribution in [1.29, 1.82) is 0 Å². The Bertz CT molecular complexity index is 957. The summed E-state index contributed by atoms with van der Waals surface area (Å²) in [6, 6.07) is 9.95. The quantitative estimate of drug-likeness (QED) is 0.484. The molecule has 0 atom stereocenters. The number of benzene rings is 2. The second-order valence-corrected chi connectivity index (χ2v) is 8.20. The lowest BCUT2D eigenvalue weighted by Gasteiger charge is -2.31. The Labute approximate surface area is 188 Å². The Kier molecular flexibility index (Phi) is 7.41. The van der Waals surface area contributed by atoms with Gasteiger partial charge in [0.1, 0.15) is 0 Å². The Morgan fingerprint density at radius 3 is 2.45 bits per heavy atom. The van der Waals surface area contributed by atoms with Crippen LogP contribution in [0.3, 0.4) is 0 Å². The smallest absolute Gasteiger partial charge is 0.255 e. The van der Waals surface area contributed by atoms with Gasteiger partial charge in [-0.2, -0.15) is 5.10 Å². The van der Waals surface area contributed by atoms with Crippen LogP contribution in [0.15, 0.2) is 41.5 Å². The fraction of sp³-hybridized carbons (Fsp3) is 0.250. The minimum Gasteiger partial charge on any atom is -0.339 e. The van der Waals surface area contributed by atoms with E-state index in [4.69, 9.17) is 46.4 Å². The lowest BCUT2D eigenvalue weighted by atomic mass is 9.95. The largest absolute Gasteiger partial charge is 0.339 e. The summed E-state index contributed by atoms with van der Waals surface area (Å²) in [5.74, 6) is -0.595.